The lowest BCUT2D eigenvalue weighted by molar-refractivity contribution is -0.118. The van der Waals surface area contributed by atoms with Gasteiger partial charge in [-0.15, -0.1) is 0 Å². The minimum Gasteiger partial charge on any atom is -0.315 e. The molecule has 1 atom stereocenters. The highest BCUT2D eigenvalue weighted by molar-refractivity contribution is 6.04. The van der Waals surface area contributed by atoms with Crippen molar-refractivity contribution in [2.75, 3.05) is 44.7 Å². The van der Waals surface area contributed by atoms with E-state index in [0.717, 1.165) is 44.8 Å². The number of hydrogen-bond acceptors (Lipinski definition) is 3. The second kappa shape index (κ2) is 5.54. The topological polar surface area (TPSA) is 35.6 Å². The molecule has 0 aromatic heterocycles. The lowest BCUT2D eigenvalue weighted by Crippen LogP contribution is -2.44. The second-order valence-electron chi connectivity index (χ2n) is 5.85. The summed E-state index contributed by atoms with van der Waals surface area (Å²) in [6.07, 6.45) is 1.07. The smallest absolute Gasteiger partial charge is 0.234 e. The first-order valence-electron chi connectivity index (χ1n) is 7.50. The molecule has 0 aliphatic carbocycles. The van der Waals surface area contributed by atoms with Gasteiger partial charge in [-0.1, -0.05) is 12.1 Å². The van der Waals surface area contributed by atoms with Crippen molar-refractivity contribution < 1.29 is 4.79 Å². The first-order valence-corrected chi connectivity index (χ1v) is 7.50. The van der Waals surface area contributed by atoms with Crippen LogP contribution in [0.15, 0.2) is 18.2 Å². The molecule has 0 saturated carbocycles. The lowest BCUT2D eigenvalue weighted by Gasteiger charge is -2.27. The van der Waals surface area contributed by atoms with Gasteiger partial charge in [-0.05, 0) is 30.5 Å². The Morgan fingerprint density at radius 2 is 2.05 bits per heavy atom. The summed E-state index contributed by atoms with van der Waals surface area (Å²) in [5, 5.41) is 3.38. The minimum atomic E-state index is 0.00846. The summed E-state index contributed by atoms with van der Waals surface area (Å²) in [5.41, 5.74) is 3.61. The molecule has 0 radical (unpaired) electrons. The quantitative estimate of drug-likeness (QED) is 0.899. The van der Waals surface area contributed by atoms with Gasteiger partial charge in [-0.25, -0.2) is 0 Å². The average Bonchev–Trinajstić information content (AvgIpc) is 2.71. The molecule has 1 saturated heterocycles. The average molecular weight is 273 g/mol. The molecule has 1 N–H and O–H groups in total. The number of amides is 1. The van der Waals surface area contributed by atoms with Gasteiger partial charge < -0.3 is 15.1 Å². The zero-order valence-corrected chi connectivity index (χ0v) is 12.4. The molecule has 3 rings (SSSR count). The van der Waals surface area contributed by atoms with E-state index in [2.05, 4.69) is 28.4 Å². The fourth-order valence-electron chi connectivity index (χ4n) is 3.18. The van der Waals surface area contributed by atoms with Crippen molar-refractivity contribution in [3.05, 3.63) is 29.3 Å². The van der Waals surface area contributed by atoms with E-state index >= 15 is 0 Å². The van der Waals surface area contributed by atoms with Gasteiger partial charge in [0.05, 0.1) is 5.92 Å². The van der Waals surface area contributed by atoms with Crippen LogP contribution in [0.1, 0.15) is 24.0 Å². The summed E-state index contributed by atoms with van der Waals surface area (Å²) >= 11 is 0. The number of hydrogen-bond donors (Lipinski definition) is 1. The van der Waals surface area contributed by atoms with Crippen molar-refractivity contribution in [3.63, 3.8) is 0 Å². The Bertz CT molecular complexity index is 508. The van der Waals surface area contributed by atoms with E-state index in [1.165, 1.54) is 11.1 Å². The summed E-state index contributed by atoms with van der Waals surface area (Å²) in [6, 6.07) is 6.50. The monoisotopic (exact) mass is 273 g/mol. The van der Waals surface area contributed by atoms with Crippen molar-refractivity contribution >= 4 is 11.6 Å². The fourth-order valence-corrected chi connectivity index (χ4v) is 3.18. The molecule has 1 aromatic carbocycles. The summed E-state index contributed by atoms with van der Waals surface area (Å²) in [4.78, 5) is 16.3. The van der Waals surface area contributed by atoms with E-state index in [0.29, 0.717) is 0 Å². The number of benzene rings is 1. The molecule has 2 heterocycles. The predicted molar refractivity (Wildman–Crippen MR) is 81.3 cm³/mol. The van der Waals surface area contributed by atoms with Crippen molar-refractivity contribution in [2.45, 2.75) is 19.3 Å². The number of anilines is 1. The van der Waals surface area contributed by atoms with E-state index in [1.54, 1.807) is 4.90 Å². The van der Waals surface area contributed by atoms with Gasteiger partial charge in [-0.2, -0.15) is 0 Å². The normalized spacial score (nSPS) is 23.2. The number of rotatable bonds is 3. The Morgan fingerprint density at radius 1 is 1.30 bits per heavy atom. The SMILES string of the molecule is CC1C(=O)N(C)c2ccc(CCN3CCNCC3)cc21. The van der Waals surface area contributed by atoms with Crippen LogP contribution in [0.4, 0.5) is 5.69 Å². The zero-order valence-electron chi connectivity index (χ0n) is 12.4. The van der Waals surface area contributed by atoms with Crippen LogP contribution in [0, 0.1) is 0 Å². The molecule has 0 bridgehead atoms. The van der Waals surface area contributed by atoms with Gasteiger partial charge in [0.15, 0.2) is 0 Å². The molecule has 1 unspecified atom stereocenters. The van der Waals surface area contributed by atoms with Crippen molar-refractivity contribution in [1.82, 2.24) is 10.2 Å². The number of fused-ring (bicyclic) bond motifs is 1. The number of likely N-dealkylation sites (N-methyl/N-ethyl adjacent to an activating group) is 1. The number of piperazine rings is 1. The van der Waals surface area contributed by atoms with E-state index in [-0.39, 0.29) is 11.8 Å². The molecule has 4 nitrogen and oxygen atoms in total. The Kier molecular flexibility index (Phi) is 3.76. The first kappa shape index (κ1) is 13.6. The Hall–Kier alpha value is -1.39. The van der Waals surface area contributed by atoms with Crippen LogP contribution in [0.2, 0.25) is 0 Å². The van der Waals surface area contributed by atoms with E-state index in [1.807, 2.05) is 14.0 Å². The minimum absolute atomic E-state index is 0.00846. The number of nitrogens with one attached hydrogen (secondary N) is 1. The van der Waals surface area contributed by atoms with Crippen LogP contribution in [0.25, 0.3) is 0 Å². The predicted octanol–water partition coefficient (Wildman–Crippen LogP) is 1.21. The Labute approximate surface area is 120 Å². The molecule has 4 heteroatoms. The first-order chi connectivity index (χ1) is 9.66. The van der Waals surface area contributed by atoms with Gasteiger partial charge in [0, 0.05) is 45.5 Å². The van der Waals surface area contributed by atoms with Crippen LogP contribution in [-0.4, -0.2) is 50.6 Å². The largest absolute Gasteiger partial charge is 0.315 e. The molecule has 1 amide bonds. The lowest BCUT2D eigenvalue weighted by atomic mass is 9.99. The van der Waals surface area contributed by atoms with Crippen LogP contribution in [0.3, 0.4) is 0 Å². The van der Waals surface area contributed by atoms with Crippen LogP contribution < -0.4 is 10.2 Å². The molecule has 2 aliphatic heterocycles. The standard InChI is InChI=1S/C16H23N3O/c1-12-14-11-13(3-4-15(14)18(2)16(12)20)5-8-19-9-6-17-7-10-19/h3-4,11-12,17H,5-10H2,1-2H3. The van der Waals surface area contributed by atoms with Gasteiger partial charge in [0.2, 0.25) is 5.91 Å². The summed E-state index contributed by atoms with van der Waals surface area (Å²) in [6.45, 7) is 7.59. The van der Waals surface area contributed by atoms with Crippen LogP contribution in [-0.2, 0) is 11.2 Å². The maximum atomic E-state index is 12.0. The molecule has 2 aliphatic rings. The summed E-state index contributed by atoms with van der Waals surface area (Å²) in [7, 11) is 1.87. The molecular formula is C16H23N3O. The Morgan fingerprint density at radius 3 is 2.80 bits per heavy atom. The zero-order chi connectivity index (χ0) is 14.1. The molecule has 1 aromatic rings. The Balaban J connectivity index is 1.68. The molecule has 20 heavy (non-hydrogen) atoms. The summed E-state index contributed by atoms with van der Waals surface area (Å²) < 4.78 is 0. The third-order valence-electron chi connectivity index (χ3n) is 4.55. The molecule has 0 spiro atoms. The van der Waals surface area contributed by atoms with Gasteiger partial charge >= 0.3 is 0 Å². The molecule has 1 fully saturated rings. The second-order valence-corrected chi connectivity index (χ2v) is 5.85. The number of carbonyl (C=O) groups is 1. The van der Waals surface area contributed by atoms with Crippen molar-refractivity contribution in [2.24, 2.45) is 0 Å². The van der Waals surface area contributed by atoms with Crippen LogP contribution >= 0.6 is 0 Å². The molecule has 108 valence electrons. The van der Waals surface area contributed by atoms with E-state index in [4.69, 9.17) is 0 Å². The highest BCUT2D eigenvalue weighted by atomic mass is 16.2. The van der Waals surface area contributed by atoms with Crippen molar-refractivity contribution in [3.8, 4) is 0 Å². The number of nitrogens with zero attached hydrogens (tertiary/aromatic N) is 2. The highest BCUT2D eigenvalue weighted by Crippen LogP contribution is 2.36. The summed E-state index contributed by atoms with van der Waals surface area (Å²) in [5.74, 6) is 0.216. The van der Waals surface area contributed by atoms with Gasteiger partial charge in [0.1, 0.15) is 0 Å². The van der Waals surface area contributed by atoms with Gasteiger partial charge in [0.25, 0.3) is 0 Å². The number of carbonyl (C=O) groups excluding carboxylic acids is 1. The van der Waals surface area contributed by atoms with Gasteiger partial charge in [-0.3, -0.25) is 4.79 Å². The third kappa shape index (κ3) is 2.45. The van der Waals surface area contributed by atoms with Crippen molar-refractivity contribution in [1.29, 1.82) is 0 Å². The van der Waals surface area contributed by atoms with Crippen LogP contribution in [0.5, 0.6) is 0 Å². The molecular weight excluding hydrogens is 250 g/mol. The van der Waals surface area contributed by atoms with E-state index in [9.17, 15) is 4.79 Å². The maximum absolute atomic E-state index is 12.0. The third-order valence-corrected chi connectivity index (χ3v) is 4.55. The van der Waals surface area contributed by atoms with E-state index < -0.39 is 0 Å². The highest BCUT2D eigenvalue weighted by Gasteiger charge is 2.31. The maximum Gasteiger partial charge on any atom is 0.234 e. The fraction of sp³-hybridized carbons (Fsp3) is 0.562.